The normalized spacial score (nSPS) is 11.6. The van der Waals surface area contributed by atoms with E-state index in [9.17, 15) is 9.59 Å². The minimum absolute atomic E-state index is 0.0716. The number of ketones is 1. The maximum atomic E-state index is 12.3. The van der Waals surface area contributed by atoms with Gasteiger partial charge in [0.1, 0.15) is 12.4 Å². The van der Waals surface area contributed by atoms with Crippen molar-refractivity contribution in [2.45, 2.75) is 26.9 Å². The second kappa shape index (κ2) is 8.87. The third-order valence-electron chi connectivity index (χ3n) is 3.61. The SMILES string of the molecule is CCOC(=O)CC(C)C(=O)c1ccc(OCc2ccccc2)cc1. The Morgan fingerprint density at radius 1 is 1.00 bits per heavy atom. The predicted molar refractivity (Wildman–Crippen MR) is 92.0 cm³/mol. The molecule has 0 N–H and O–H groups in total. The van der Waals surface area contributed by atoms with Crippen molar-refractivity contribution in [1.29, 1.82) is 0 Å². The summed E-state index contributed by atoms with van der Waals surface area (Å²) in [5, 5.41) is 0. The first kappa shape index (κ1) is 17.7. The van der Waals surface area contributed by atoms with Crippen molar-refractivity contribution < 1.29 is 19.1 Å². The summed E-state index contributed by atoms with van der Waals surface area (Å²) in [5.74, 6) is -0.118. The van der Waals surface area contributed by atoms with Crippen LogP contribution in [0.4, 0.5) is 0 Å². The van der Waals surface area contributed by atoms with Crippen molar-refractivity contribution in [3.05, 3.63) is 65.7 Å². The number of benzene rings is 2. The highest BCUT2D eigenvalue weighted by Gasteiger charge is 2.19. The van der Waals surface area contributed by atoms with Gasteiger partial charge in [0.2, 0.25) is 0 Å². The number of rotatable bonds is 8. The molecule has 0 saturated heterocycles. The van der Waals surface area contributed by atoms with Gasteiger partial charge in [0, 0.05) is 11.5 Å². The molecule has 1 unspecified atom stereocenters. The number of carbonyl (C=O) groups excluding carboxylic acids is 2. The lowest BCUT2D eigenvalue weighted by atomic mass is 9.96. The monoisotopic (exact) mass is 326 g/mol. The Kier molecular flexibility index (Phi) is 6.55. The molecule has 4 nitrogen and oxygen atoms in total. The highest BCUT2D eigenvalue weighted by molar-refractivity contribution is 5.99. The van der Waals surface area contributed by atoms with E-state index in [0.717, 1.165) is 5.56 Å². The van der Waals surface area contributed by atoms with Crippen molar-refractivity contribution in [1.82, 2.24) is 0 Å². The quantitative estimate of drug-likeness (QED) is 0.543. The Hall–Kier alpha value is -2.62. The predicted octanol–water partition coefficient (Wildman–Crippen LogP) is 4.04. The highest BCUT2D eigenvalue weighted by Crippen LogP contribution is 2.18. The first-order chi connectivity index (χ1) is 11.6. The van der Waals surface area contributed by atoms with E-state index < -0.39 is 5.92 Å². The van der Waals surface area contributed by atoms with Crippen LogP contribution < -0.4 is 4.74 Å². The molecular weight excluding hydrogens is 304 g/mol. The average Bonchev–Trinajstić information content (AvgIpc) is 2.61. The van der Waals surface area contributed by atoms with Gasteiger partial charge in [0.05, 0.1) is 13.0 Å². The van der Waals surface area contributed by atoms with E-state index in [1.807, 2.05) is 30.3 Å². The zero-order valence-corrected chi connectivity index (χ0v) is 14.0. The van der Waals surface area contributed by atoms with Crippen LogP contribution in [0.3, 0.4) is 0 Å². The standard InChI is InChI=1S/C20H22O4/c1-3-23-19(21)13-15(2)20(22)17-9-11-18(12-10-17)24-14-16-7-5-4-6-8-16/h4-12,15H,3,13-14H2,1-2H3. The molecule has 2 aromatic rings. The van der Waals surface area contributed by atoms with E-state index in [1.165, 1.54) is 0 Å². The molecule has 4 heteroatoms. The molecule has 24 heavy (non-hydrogen) atoms. The molecule has 0 bridgehead atoms. The summed E-state index contributed by atoms with van der Waals surface area (Å²) in [6.45, 7) is 4.29. The van der Waals surface area contributed by atoms with E-state index in [4.69, 9.17) is 9.47 Å². The molecule has 0 aliphatic rings. The van der Waals surface area contributed by atoms with Gasteiger partial charge in [-0.05, 0) is 36.8 Å². The van der Waals surface area contributed by atoms with Crippen LogP contribution in [0.2, 0.25) is 0 Å². The van der Waals surface area contributed by atoms with Gasteiger partial charge in [-0.15, -0.1) is 0 Å². The van der Waals surface area contributed by atoms with Crippen molar-refractivity contribution in [3.8, 4) is 5.75 Å². The lowest BCUT2D eigenvalue weighted by molar-refractivity contribution is -0.143. The second-order valence-corrected chi connectivity index (χ2v) is 5.57. The van der Waals surface area contributed by atoms with E-state index >= 15 is 0 Å². The van der Waals surface area contributed by atoms with Gasteiger partial charge >= 0.3 is 5.97 Å². The van der Waals surface area contributed by atoms with Crippen LogP contribution in [0, 0.1) is 5.92 Å². The Balaban J connectivity index is 1.91. The number of hydrogen-bond donors (Lipinski definition) is 0. The molecule has 0 fully saturated rings. The van der Waals surface area contributed by atoms with Gasteiger partial charge in [-0.1, -0.05) is 37.3 Å². The van der Waals surface area contributed by atoms with Crippen LogP contribution in [0.1, 0.15) is 36.2 Å². The zero-order valence-electron chi connectivity index (χ0n) is 14.0. The van der Waals surface area contributed by atoms with Crippen molar-refractivity contribution in [2.24, 2.45) is 5.92 Å². The fourth-order valence-corrected chi connectivity index (χ4v) is 2.30. The number of Topliss-reactive ketones (excluding diaryl/α,β-unsaturated/α-hetero) is 1. The fraction of sp³-hybridized carbons (Fsp3) is 0.300. The number of esters is 1. The van der Waals surface area contributed by atoms with Gasteiger partial charge in [-0.25, -0.2) is 0 Å². The molecule has 0 spiro atoms. The lowest BCUT2D eigenvalue weighted by Gasteiger charge is -2.11. The molecular formula is C20H22O4. The molecule has 0 aliphatic heterocycles. The topological polar surface area (TPSA) is 52.6 Å². The third kappa shape index (κ3) is 5.23. The van der Waals surface area contributed by atoms with E-state index in [1.54, 1.807) is 38.1 Å². The average molecular weight is 326 g/mol. The lowest BCUT2D eigenvalue weighted by Crippen LogP contribution is -2.17. The fourth-order valence-electron chi connectivity index (χ4n) is 2.30. The number of carbonyl (C=O) groups is 2. The number of hydrogen-bond acceptors (Lipinski definition) is 4. The maximum Gasteiger partial charge on any atom is 0.306 e. The van der Waals surface area contributed by atoms with Gasteiger partial charge in [-0.3, -0.25) is 9.59 Å². The summed E-state index contributed by atoms with van der Waals surface area (Å²) >= 11 is 0. The Bertz CT molecular complexity index is 662. The van der Waals surface area contributed by atoms with Crippen LogP contribution in [-0.2, 0) is 16.1 Å². The van der Waals surface area contributed by atoms with Crippen LogP contribution >= 0.6 is 0 Å². The maximum absolute atomic E-state index is 12.3. The molecule has 1 atom stereocenters. The summed E-state index contributed by atoms with van der Waals surface area (Å²) in [5.41, 5.74) is 1.65. The van der Waals surface area contributed by atoms with Gasteiger partial charge < -0.3 is 9.47 Å². The Morgan fingerprint density at radius 3 is 2.29 bits per heavy atom. The van der Waals surface area contributed by atoms with E-state index in [2.05, 4.69) is 0 Å². The van der Waals surface area contributed by atoms with E-state index in [0.29, 0.717) is 24.5 Å². The number of ether oxygens (including phenoxy) is 2. The largest absolute Gasteiger partial charge is 0.489 e. The Morgan fingerprint density at radius 2 is 1.67 bits per heavy atom. The third-order valence-corrected chi connectivity index (χ3v) is 3.61. The summed E-state index contributed by atoms with van der Waals surface area (Å²) in [7, 11) is 0. The summed E-state index contributed by atoms with van der Waals surface area (Å²) in [4.78, 5) is 23.8. The van der Waals surface area contributed by atoms with Crippen LogP contribution in [-0.4, -0.2) is 18.4 Å². The molecule has 0 aliphatic carbocycles. The highest BCUT2D eigenvalue weighted by atomic mass is 16.5. The molecule has 0 amide bonds. The molecule has 126 valence electrons. The zero-order chi connectivity index (χ0) is 17.4. The molecule has 2 aromatic carbocycles. The van der Waals surface area contributed by atoms with Gasteiger partial charge in [0.25, 0.3) is 0 Å². The summed E-state index contributed by atoms with van der Waals surface area (Å²) < 4.78 is 10.6. The van der Waals surface area contributed by atoms with Gasteiger partial charge in [0.15, 0.2) is 5.78 Å². The van der Waals surface area contributed by atoms with Crippen molar-refractivity contribution >= 4 is 11.8 Å². The minimum atomic E-state index is -0.403. The van der Waals surface area contributed by atoms with Crippen LogP contribution in [0.15, 0.2) is 54.6 Å². The van der Waals surface area contributed by atoms with Crippen molar-refractivity contribution in [3.63, 3.8) is 0 Å². The van der Waals surface area contributed by atoms with Crippen molar-refractivity contribution in [2.75, 3.05) is 6.61 Å². The summed E-state index contributed by atoms with van der Waals surface area (Å²) in [6.07, 6.45) is 0.0962. The molecule has 0 heterocycles. The van der Waals surface area contributed by atoms with Gasteiger partial charge in [-0.2, -0.15) is 0 Å². The second-order valence-electron chi connectivity index (χ2n) is 5.57. The van der Waals surface area contributed by atoms with E-state index in [-0.39, 0.29) is 18.2 Å². The molecule has 0 saturated carbocycles. The first-order valence-electron chi connectivity index (χ1n) is 8.06. The smallest absolute Gasteiger partial charge is 0.306 e. The molecule has 0 aromatic heterocycles. The van der Waals surface area contributed by atoms with Crippen LogP contribution in [0.25, 0.3) is 0 Å². The van der Waals surface area contributed by atoms with Crippen LogP contribution in [0.5, 0.6) is 5.75 Å². The summed E-state index contributed by atoms with van der Waals surface area (Å²) in [6, 6.07) is 16.9. The Labute approximate surface area is 142 Å². The first-order valence-corrected chi connectivity index (χ1v) is 8.06. The molecule has 0 radical (unpaired) electrons. The minimum Gasteiger partial charge on any atom is -0.489 e. The molecule has 2 rings (SSSR count).